The number of benzene rings is 1. The number of rotatable bonds is 3. The molecule has 1 amide bonds. The van der Waals surface area contributed by atoms with Crippen LogP contribution in [-0.4, -0.2) is 28.0 Å². The van der Waals surface area contributed by atoms with Crippen LogP contribution in [0.15, 0.2) is 18.2 Å². The molecular weight excluding hydrogens is 226 g/mol. The molecule has 2 unspecified atom stereocenters. The van der Waals surface area contributed by atoms with Gasteiger partial charge in [0.1, 0.15) is 6.10 Å². The predicted molar refractivity (Wildman–Crippen MR) is 63.6 cm³/mol. The molecule has 0 radical (unpaired) electrons. The van der Waals surface area contributed by atoms with Gasteiger partial charge in [0.05, 0.1) is 18.2 Å². The average molecular weight is 239 g/mol. The number of anilines is 1. The number of amides is 1. The number of carbonyl (C=O) groups is 1. The van der Waals surface area contributed by atoms with Crippen molar-refractivity contribution in [1.82, 2.24) is 0 Å². The van der Waals surface area contributed by atoms with Crippen LogP contribution in [0.1, 0.15) is 17.2 Å². The Morgan fingerprint density at radius 2 is 2.19 bits per heavy atom. The summed E-state index contributed by atoms with van der Waals surface area (Å²) in [7, 11) is 0. The van der Waals surface area contributed by atoms with E-state index in [2.05, 4.69) is 17.9 Å². The normalized spacial score (nSPS) is 17.8. The molecule has 1 aromatic carbocycles. The molecule has 0 saturated heterocycles. The van der Waals surface area contributed by atoms with Crippen LogP contribution in [0.3, 0.4) is 0 Å². The Morgan fingerprint density at radius 1 is 1.44 bits per heavy atom. The van der Waals surface area contributed by atoms with Crippen molar-refractivity contribution in [2.75, 3.05) is 11.1 Å². The summed E-state index contributed by atoms with van der Waals surface area (Å²) in [5, 5.41) is 22.1. The topological polar surface area (TPSA) is 69.6 Å². The van der Waals surface area contributed by atoms with E-state index in [-0.39, 0.29) is 11.7 Å². The number of aliphatic hydroxyl groups is 2. The molecule has 2 rings (SSSR count). The van der Waals surface area contributed by atoms with Gasteiger partial charge >= 0.3 is 0 Å². The quantitative estimate of drug-likeness (QED) is 0.581. The highest BCUT2D eigenvalue weighted by atomic mass is 32.1. The Hall–Kier alpha value is -1.04. The van der Waals surface area contributed by atoms with Crippen LogP contribution in [0.4, 0.5) is 5.69 Å². The first kappa shape index (κ1) is 11.4. The highest BCUT2D eigenvalue weighted by Gasteiger charge is 2.26. The van der Waals surface area contributed by atoms with Gasteiger partial charge in [-0.1, -0.05) is 18.2 Å². The molecule has 4 nitrogen and oxygen atoms in total. The average Bonchev–Trinajstić information content (AvgIpc) is 2.66. The van der Waals surface area contributed by atoms with Crippen molar-refractivity contribution in [2.45, 2.75) is 18.6 Å². The fourth-order valence-corrected chi connectivity index (χ4v) is 2.03. The van der Waals surface area contributed by atoms with Crippen LogP contribution in [-0.2, 0) is 11.2 Å². The Labute approximate surface area is 98.7 Å². The van der Waals surface area contributed by atoms with Gasteiger partial charge in [-0.2, -0.15) is 12.6 Å². The van der Waals surface area contributed by atoms with E-state index >= 15 is 0 Å². The number of nitrogens with one attached hydrogen (secondary N) is 1. The minimum Gasteiger partial charge on any atom is -0.389 e. The lowest BCUT2D eigenvalue weighted by atomic mass is 10.0. The summed E-state index contributed by atoms with van der Waals surface area (Å²) in [6.45, 7) is 0. The van der Waals surface area contributed by atoms with Crippen LogP contribution < -0.4 is 5.32 Å². The van der Waals surface area contributed by atoms with Crippen molar-refractivity contribution < 1.29 is 15.0 Å². The van der Waals surface area contributed by atoms with E-state index in [9.17, 15) is 15.0 Å². The zero-order valence-electron chi connectivity index (χ0n) is 8.55. The fraction of sp³-hybridized carbons (Fsp3) is 0.364. The maximum Gasteiger partial charge on any atom is 0.228 e. The summed E-state index contributed by atoms with van der Waals surface area (Å²) in [5.74, 6) is 0.0775. The van der Waals surface area contributed by atoms with Crippen molar-refractivity contribution in [1.29, 1.82) is 0 Å². The lowest BCUT2D eigenvalue weighted by molar-refractivity contribution is -0.115. The second-order valence-electron chi connectivity index (χ2n) is 3.80. The summed E-state index contributed by atoms with van der Waals surface area (Å²) in [6.07, 6.45) is -1.63. The minimum absolute atomic E-state index is 0.0880. The van der Waals surface area contributed by atoms with Gasteiger partial charge < -0.3 is 15.5 Å². The van der Waals surface area contributed by atoms with E-state index in [0.29, 0.717) is 17.7 Å². The third kappa shape index (κ3) is 1.93. The molecule has 3 N–H and O–H groups in total. The first-order valence-electron chi connectivity index (χ1n) is 5.02. The first-order chi connectivity index (χ1) is 7.63. The third-order valence-electron chi connectivity index (χ3n) is 2.67. The summed E-state index contributed by atoms with van der Waals surface area (Å²) < 4.78 is 0. The Kier molecular flexibility index (Phi) is 3.18. The summed E-state index contributed by atoms with van der Waals surface area (Å²) in [4.78, 5) is 11.2. The van der Waals surface area contributed by atoms with E-state index in [4.69, 9.17) is 0 Å². The summed E-state index contributed by atoms with van der Waals surface area (Å²) in [6, 6.07) is 5.29. The highest BCUT2D eigenvalue weighted by Crippen LogP contribution is 2.32. The Morgan fingerprint density at radius 3 is 2.88 bits per heavy atom. The van der Waals surface area contributed by atoms with E-state index in [0.717, 1.165) is 5.56 Å². The minimum atomic E-state index is -1.02. The number of aliphatic hydroxyl groups excluding tert-OH is 2. The molecule has 86 valence electrons. The SMILES string of the molecule is O=C1Cc2cccc(C(O)C(O)CS)c2N1. The highest BCUT2D eigenvalue weighted by molar-refractivity contribution is 7.80. The van der Waals surface area contributed by atoms with Crippen LogP contribution in [0.5, 0.6) is 0 Å². The van der Waals surface area contributed by atoms with Gasteiger partial charge in [0.25, 0.3) is 0 Å². The Balaban J connectivity index is 2.36. The standard InChI is InChI=1S/C11H13NO3S/c13-8(5-16)11(15)7-3-1-2-6-4-9(14)12-10(6)7/h1-3,8,11,13,15-16H,4-5H2,(H,12,14). The molecule has 0 saturated carbocycles. The van der Waals surface area contributed by atoms with Gasteiger partial charge in [-0.3, -0.25) is 4.79 Å². The van der Waals surface area contributed by atoms with E-state index < -0.39 is 12.2 Å². The number of carbonyl (C=O) groups excluding carboxylic acids is 1. The molecule has 1 aliphatic heterocycles. The molecular formula is C11H13NO3S. The molecule has 1 aromatic rings. The zero-order chi connectivity index (χ0) is 11.7. The molecule has 5 heteroatoms. The van der Waals surface area contributed by atoms with Crippen molar-refractivity contribution >= 4 is 24.2 Å². The molecule has 0 spiro atoms. The second-order valence-corrected chi connectivity index (χ2v) is 4.17. The van der Waals surface area contributed by atoms with Crippen molar-refractivity contribution in [2.24, 2.45) is 0 Å². The number of hydrogen-bond donors (Lipinski definition) is 4. The number of hydrogen-bond acceptors (Lipinski definition) is 4. The van der Waals surface area contributed by atoms with Crippen LogP contribution >= 0.6 is 12.6 Å². The van der Waals surface area contributed by atoms with Gasteiger partial charge in [-0.15, -0.1) is 0 Å². The second kappa shape index (κ2) is 4.45. The largest absolute Gasteiger partial charge is 0.389 e. The van der Waals surface area contributed by atoms with Gasteiger partial charge in [0, 0.05) is 11.3 Å². The van der Waals surface area contributed by atoms with Crippen LogP contribution in [0, 0.1) is 0 Å². The molecule has 0 bridgehead atoms. The number of para-hydroxylation sites is 1. The van der Waals surface area contributed by atoms with Crippen molar-refractivity contribution in [3.05, 3.63) is 29.3 Å². The summed E-state index contributed by atoms with van der Waals surface area (Å²) >= 11 is 3.93. The van der Waals surface area contributed by atoms with E-state index in [1.165, 1.54) is 0 Å². The van der Waals surface area contributed by atoms with Gasteiger partial charge in [-0.05, 0) is 5.56 Å². The molecule has 0 fully saturated rings. The monoisotopic (exact) mass is 239 g/mol. The number of fused-ring (bicyclic) bond motifs is 1. The Bertz CT molecular complexity index is 422. The predicted octanol–water partition coefficient (Wildman–Crippen LogP) is 0.505. The van der Waals surface area contributed by atoms with Gasteiger partial charge in [0.15, 0.2) is 0 Å². The van der Waals surface area contributed by atoms with Crippen molar-refractivity contribution in [3.63, 3.8) is 0 Å². The van der Waals surface area contributed by atoms with Gasteiger partial charge in [-0.25, -0.2) is 0 Å². The molecule has 2 atom stereocenters. The van der Waals surface area contributed by atoms with E-state index in [1.54, 1.807) is 12.1 Å². The molecule has 0 aliphatic carbocycles. The smallest absolute Gasteiger partial charge is 0.228 e. The molecule has 16 heavy (non-hydrogen) atoms. The maximum atomic E-state index is 11.2. The van der Waals surface area contributed by atoms with Crippen LogP contribution in [0.25, 0.3) is 0 Å². The molecule has 1 heterocycles. The van der Waals surface area contributed by atoms with E-state index in [1.807, 2.05) is 6.07 Å². The van der Waals surface area contributed by atoms with Gasteiger partial charge in [0.2, 0.25) is 5.91 Å². The van der Waals surface area contributed by atoms with Crippen LogP contribution in [0.2, 0.25) is 0 Å². The first-order valence-corrected chi connectivity index (χ1v) is 5.65. The summed E-state index contributed by atoms with van der Waals surface area (Å²) in [5.41, 5.74) is 2.03. The fourth-order valence-electron chi connectivity index (χ4n) is 1.83. The molecule has 1 aliphatic rings. The number of thiol groups is 1. The zero-order valence-corrected chi connectivity index (χ0v) is 9.45. The third-order valence-corrected chi connectivity index (χ3v) is 3.04. The molecule has 0 aromatic heterocycles. The van der Waals surface area contributed by atoms with Crippen molar-refractivity contribution in [3.8, 4) is 0 Å². The lowest BCUT2D eigenvalue weighted by Crippen LogP contribution is -2.20. The maximum absolute atomic E-state index is 11.2. The lowest BCUT2D eigenvalue weighted by Gasteiger charge is -2.18.